The molecule has 0 radical (unpaired) electrons. The Bertz CT molecular complexity index is 8.00. The van der Waals surface area contributed by atoms with Gasteiger partial charge in [0.2, 0.25) is 0 Å². The van der Waals surface area contributed by atoms with Crippen molar-refractivity contribution in [3.05, 3.63) is 0 Å². The van der Waals surface area contributed by atoms with Crippen molar-refractivity contribution in [2.24, 2.45) is 0 Å². The Morgan fingerprint density at radius 2 is 1.00 bits per heavy atom. The van der Waals surface area contributed by atoms with Crippen molar-refractivity contribution >= 4 is 17.4 Å². The molecule has 0 rings (SSSR count). The van der Waals surface area contributed by atoms with Crippen LogP contribution in [0.5, 0.6) is 0 Å². The Labute approximate surface area is 74.2 Å². The van der Waals surface area contributed by atoms with Crippen LogP contribution in [0.25, 0.3) is 0 Å². The molecule has 0 nitrogen and oxygen atoms in total. The zero-order chi connectivity index (χ0) is 0. The zero-order valence-corrected chi connectivity index (χ0v) is 7.04. The van der Waals surface area contributed by atoms with E-state index in [1.165, 1.54) is 0 Å². The normalized spacial score (nSPS) is 0. The molecule has 0 aromatic heterocycles. The molecule has 0 aromatic carbocycles. The molecule has 0 bridgehead atoms. The second-order valence-corrected chi connectivity index (χ2v) is 0. The van der Waals surface area contributed by atoms with E-state index in [0.29, 0.717) is 0 Å². The summed E-state index contributed by atoms with van der Waals surface area (Å²) in [6.45, 7) is 0. The average Bonchev–Trinajstić information content (AvgIpc) is 0. The minimum absolute atomic E-state index is 0. The molecule has 0 N–H and O–H groups in total. The van der Waals surface area contributed by atoms with Gasteiger partial charge < -0.3 is 0 Å². The van der Waals surface area contributed by atoms with Gasteiger partial charge in [0.25, 0.3) is 0 Å². The topological polar surface area (TPSA) is 0 Å². The minimum atomic E-state index is 0. The van der Waals surface area contributed by atoms with E-state index >= 15 is 0 Å². The summed E-state index contributed by atoms with van der Waals surface area (Å²) in [5.41, 5.74) is 0. The molecule has 4 heavy (non-hydrogen) atoms. The van der Waals surface area contributed by atoms with Crippen LogP contribution in [-0.2, 0) is 57.7 Å². The van der Waals surface area contributed by atoms with Crippen LogP contribution in [0.3, 0.4) is 0 Å². The van der Waals surface area contributed by atoms with E-state index in [2.05, 4.69) is 0 Å². The van der Waals surface area contributed by atoms with E-state index in [1.54, 1.807) is 0 Å². The SMILES string of the molecule is [AlH3].[Ni].[Ti].[Zn]. The van der Waals surface area contributed by atoms with Gasteiger partial charge in [0.05, 0.1) is 0 Å². The van der Waals surface area contributed by atoms with E-state index in [4.69, 9.17) is 0 Å². The summed E-state index contributed by atoms with van der Waals surface area (Å²) in [6, 6.07) is 0. The van der Waals surface area contributed by atoms with Gasteiger partial charge in [-0.05, 0) is 0 Å². The quantitative estimate of drug-likeness (QED) is 0.433. The molecular weight excluding hydrogens is 199 g/mol. The summed E-state index contributed by atoms with van der Waals surface area (Å²) in [5.74, 6) is 0. The molecule has 22 valence electrons. The molecule has 0 aliphatic carbocycles. The van der Waals surface area contributed by atoms with Crippen molar-refractivity contribution < 1.29 is 57.7 Å². The van der Waals surface area contributed by atoms with E-state index in [0.717, 1.165) is 0 Å². The summed E-state index contributed by atoms with van der Waals surface area (Å²) in [5, 5.41) is 0. The van der Waals surface area contributed by atoms with Gasteiger partial charge >= 0.3 is 0 Å². The molecule has 0 amide bonds. The average molecular weight is 202 g/mol. The van der Waals surface area contributed by atoms with Crippen LogP contribution < -0.4 is 0 Å². The number of rotatable bonds is 0. The number of hydrogen-bond donors (Lipinski definition) is 0. The number of hydrogen-bond acceptors (Lipinski definition) is 0. The molecule has 0 spiro atoms. The third-order valence-electron chi connectivity index (χ3n) is 0. The molecule has 4 heteroatoms. The van der Waals surface area contributed by atoms with Crippen LogP contribution in [0.4, 0.5) is 0 Å². The van der Waals surface area contributed by atoms with E-state index < -0.39 is 0 Å². The second kappa shape index (κ2) is 18.3. The summed E-state index contributed by atoms with van der Waals surface area (Å²) in [7, 11) is 0. The van der Waals surface area contributed by atoms with Crippen molar-refractivity contribution in [1.82, 2.24) is 0 Å². The van der Waals surface area contributed by atoms with Crippen LogP contribution in [-0.4, -0.2) is 17.4 Å². The first kappa shape index (κ1) is 32.8. The molecule has 0 saturated heterocycles. The molecule has 0 fully saturated rings. The maximum atomic E-state index is 0. The Morgan fingerprint density at radius 3 is 1.00 bits per heavy atom. The molecule has 0 heterocycles. The smallest absolute Gasteiger partial charge is 0 e. The fraction of sp³-hybridized carbons (Fsp3) is 0. The van der Waals surface area contributed by atoms with Crippen molar-refractivity contribution in [2.45, 2.75) is 0 Å². The van der Waals surface area contributed by atoms with Crippen LogP contribution in [0, 0.1) is 0 Å². The maximum Gasteiger partial charge on any atom is 0.187 e. The molecule has 0 atom stereocenters. The fourth-order valence-electron chi connectivity index (χ4n) is 0. The van der Waals surface area contributed by atoms with Gasteiger partial charge in [0.15, 0.2) is 17.4 Å². The molecule has 0 unspecified atom stereocenters. The van der Waals surface area contributed by atoms with Gasteiger partial charge in [0, 0.05) is 57.7 Å². The molecule has 0 saturated carbocycles. The van der Waals surface area contributed by atoms with Crippen molar-refractivity contribution in [2.75, 3.05) is 0 Å². The molecule has 0 aromatic rings. The van der Waals surface area contributed by atoms with Crippen LogP contribution >= 0.6 is 0 Å². The van der Waals surface area contributed by atoms with Gasteiger partial charge in [-0.2, -0.15) is 0 Å². The van der Waals surface area contributed by atoms with Crippen molar-refractivity contribution in [3.8, 4) is 0 Å². The Balaban J connectivity index is 0. The second-order valence-electron chi connectivity index (χ2n) is 0. The van der Waals surface area contributed by atoms with Gasteiger partial charge in [-0.15, -0.1) is 0 Å². The first-order valence-electron chi connectivity index (χ1n) is 0. The minimum Gasteiger partial charge on any atom is 0 e. The van der Waals surface area contributed by atoms with Gasteiger partial charge in [-0.1, -0.05) is 0 Å². The van der Waals surface area contributed by atoms with Gasteiger partial charge in [0.1, 0.15) is 0 Å². The van der Waals surface area contributed by atoms with E-state index in [9.17, 15) is 0 Å². The summed E-state index contributed by atoms with van der Waals surface area (Å²) >= 11 is 0. The predicted octanol–water partition coefficient (Wildman–Crippen LogP) is -1.19. The first-order valence-corrected chi connectivity index (χ1v) is 0. The van der Waals surface area contributed by atoms with Crippen molar-refractivity contribution in [3.63, 3.8) is 0 Å². The van der Waals surface area contributed by atoms with Gasteiger partial charge in [-0.3, -0.25) is 0 Å². The molecule has 0 aliphatic heterocycles. The molecule has 0 aliphatic rings. The molecular formula is H3AlNiTiZn. The third-order valence-corrected chi connectivity index (χ3v) is 0. The summed E-state index contributed by atoms with van der Waals surface area (Å²) < 4.78 is 0. The van der Waals surface area contributed by atoms with Crippen LogP contribution in [0.1, 0.15) is 0 Å². The van der Waals surface area contributed by atoms with Gasteiger partial charge in [-0.25, -0.2) is 0 Å². The van der Waals surface area contributed by atoms with Crippen LogP contribution in [0.2, 0.25) is 0 Å². The maximum absolute atomic E-state index is 0. The van der Waals surface area contributed by atoms with E-state index in [-0.39, 0.29) is 75.0 Å². The first-order chi connectivity index (χ1) is 0. The zero-order valence-electron chi connectivity index (χ0n) is 1.52. The Kier molecular flexibility index (Phi) is 150. The Hall–Kier alpha value is 2.36. The largest absolute Gasteiger partial charge is 0.187 e. The monoisotopic (exact) mass is 200 g/mol. The van der Waals surface area contributed by atoms with E-state index in [1.807, 2.05) is 0 Å². The standard InChI is InChI=1S/Al.Ni.Ti.Zn.3H. The predicted molar refractivity (Wildman–Crippen MR) is 9.94 cm³/mol. The fourth-order valence-corrected chi connectivity index (χ4v) is 0. The summed E-state index contributed by atoms with van der Waals surface area (Å²) in [4.78, 5) is 0. The third kappa shape index (κ3) is 8.84. The van der Waals surface area contributed by atoms with Crippen molar-refractivity contribution in [1.29, 1.82) is 0 Å². The Morgan fingerprint density at radius 1 is 1.00 bits per heavy atom. The van der Waals surface area contributed by atoms with Crippen LogP contribution in [0.15, 0.2) is 0 Å². The summed E-state index contributed by atoms with van der Waals surface area (Å²) in [6.07, 6.45) is 0.